The Hall–Kier alpha value is -3.34. The van der Waals surface area contributed by atoms with Gasteiger partial charge in [-0.2, -0.15) is 8.42 Å². The molecule has 0 aliphatic rings. The summed E-state index contributed by atoms with van der Waals surface area (Å²) in [6.45, 7) is 0. The van der Waals surface area contributed by atoms with E-state index in [1.807, 2.05) is 0 Å². The molecule has 0 spiro atoms. The monoisotopic (exact) mass is 582 g/mol. The van der Waals surface area contributed by atoms with Crippen LogP contribution in [0.2, 0.25) is 0 Å². The summed E-state index contributed by atoms with van der Waals surface area (Å²) in [7, 11) is -4.56. The standard InChI is InChI=1S/C20H16N4O9S2.Cu/c25-18-9-7-14(35(29,30)31)11-17(18)22-24-19(12-4-2-1-3-5-12)23-21-16-10-13(34-33-32-28)6-8-15(16)20(26)27;/h1-11H,(H5,21,22,23,24,25,26,27,28,29,30,31);/q;+1/p-1. The fourth-order valence-corrected chi connectivity index (χ4v) is 3.44. The number of phenolic OH excluding ortho intramolecular Hbond substituents is 1. The second-order valence-electron chi connectivity index (χ2n) is 6.43. The number of hydrogen-bond donors (Lipinski definition) is 4. The largest absolute Gasteiger partial charge is 1.00 e. The summed E-state index contributed by atoms with van der Waals surface area (Å²) < 4.78 is 36.3. The fraction of sp³-hybridized carbons (Fsp3) is 0. The van der Waals surface area contributed by atoms with Gasteiger partial charge in [0, 0.05) is 10.5 Å². The zero-order valence-corrected chi connectivity index (χ0v) is 20.2. The molecule has 0 saturated heterocycles. The number of carboxylic acid groups (broad SMARTS) is 1. The molecule has 16 heteroatoms. The van der Waals surface area contributed by atoms with E-state index in [0.29, 0.717) is 22.5 Å². The van der Waals surface area contributed by atoms with Gasteiger partial charge in [-0.25, -0.2) is 10.1 Å². The Kier molecular flexibility index (Phi) is 10.5. The van der Waals surface area contributed by atoms with Crippen molar-refractivity contribution in [2.24, 2.45) is 15.3 Å². The number of hydrogen-bond acceptors (Lipinski definition) is 10. The van der Waals surface area contributed by atoms with E-state index in [4.69, 9.17) is 5.26 Å². The van der Waals surface area contributed by atoms with Gasteiger partial charge in [-0.05, 0) is 30.3 Å². The van der Waals surface area contributed by atoms with Gasteiger partial charge in [-0.15, -0.1) is 14.6 Å². The smallest absolute Gasteiger partial charge is 0.571 e. The molecule has 0 aromatic heterocycles. The molecular formula is C20H15CuN4O9S2. The number of rotatable bonds is 9. The molecule has 3 aromatic rings. The van der Waals surface area contributed by atoms with Gasteiger partial charge in [-0.1, -0.05) is 47.1 Å². The third-order valence-corrected chi connectivity index (χ3v) is 5.57. The number of nitrogens with zero attached hydrogens (tertiary/aromatic N) is 4. The van der Waals surface area contributed by atoms with Gasteiger partial charge in [0.05, 0.1) is 22.5 Å². The molecule has 0 atom stereocenters. The average Bonchev–Trinajstić information content (AvgIpc) is 2.83. The van der Waals surface area contributed by atoms with Gasteiger partial charge < -0.3 is 20.7 Å². The van der Waals surface area contributed by atoms with Crippen LogP contribution >= 0.6 is 12.0 Å². The maximum atomic E-state index is 11.6. The minimum atomic E-state index is -4.56. The molecule has 0 unspecified atom stereocenters. The number of aromatic carboxylic acids is 1. The van der Waals surface area contributed by atoms with Gasteiger partial charge in [-0.3, -0.25) is 4.55 Å². The van der Waals surface area contributed by atoms with E-state index in [1.54, 1.807) is 30.3 Å². The van der Waals surface area contributed by atoms with Crippen molar-refractivity contribution in [3.8, 4) is 5.75 Å². The normalized spacial score (nSPS) is 11.8. The third-order valence-electron chi connectivity index (χ3n) is 4.14. The Morgan fingerprint density at radius 2 is 1.75 bits per heavy atom. The Morgan fingerprint density at radius 3 is 2.39 bits per heavy atom. The van der Waals surface area contributed by atoms with Crippen LogP contribution in [0.3, 0.4) is 0 Å². The van der Waals surface area contributed by atoms with Crippen molar-refractivity contribution in [1.29, 1.82) is 0 Å². The molecule has 0 radical (unpaired) electrons. The maximum Gasteiger partial charge on any atom is 1.00 e. The van der Waals surface area contributed by atoms with E-state index in [0.717, 1.165) is 18.2 Å². The number of benzene rings is 3. The topological polar surface area (TPSA) is 202 Å². The van der Waals surface area contributed by atoms with Crippen molar-refractivity contribution >= 4 is 45.3 Å². The van der Waals surface area contributed by atoms with Crippen molar-refractivity contribution in [3.05, 3.63) is 83.3 Å². The molecule has 13 nitrogen and oxygen atoms in total. The van der Waals surface area contributed by atoms with Crippen LogP contribution in [0.25, 0.3) is 5.43 Å². The number of carboxylic acids is 1. The summed E-state index contributed by atoms with van der Waals surface area (Å²) in [5, 5.41) is 43.1. The number of azo groups is 1. The second kappa shape index (κ2) is 13.1. The molecule has 0 heterocycles. The van der Waals surface area contributed by atoms with Gasteiger partial charge in [0.15, 0.2) is 5.84 Å². The van der Waals surface area contributed by atoms with Crippen LogP contribution in [-0.2, 0) is 36.6 Å². The molecule has 3 aromatic carbocycles. The predicted octanol–water partition coefficient (Wildman–Crippen LogP) is 4.91. The Labute approximate surface area is 218 Å². The fourth-order valence-electron chi connectivity index (χ4n) is 2.55. The summed E-state index contributed by atoms with van der Waals surface area (Å²) in [5.41, 5.74) is 3.64. The zero-order valence-electron chi connectivity index (χ0n) is 17.6. The molecule has 4 N–H and O–H groups in total. The first-order valence-corrected chi connectivity index (χ1v) is 11.5. The molecule has 192 valence electrons. The minimum absolute atomic E-state index is 0. The summed E-state index contributed by atoms with van der Waals surface area (Å²) in [6, 6.07) is 15.1. The first kappa shape index (κ1) is 28.9. The maximum absolute atomic E-state index is 11.6. The predicted molar refractivity (Wildman–Crippen MR) is 122 cm³/mol. The first-order valence-electron chi connectivity index (χ1n) is 9.27. The van der Waals surface area contributed by atoms with Crippen molar-refractivity contribution in [2.45, 2.75) is 9.79 Å². The summed E-state index contributed by atoms with van der Waals surface area (Å²) in [6.07, 6.45) is 0. The van der Waals surface area contributed by atoms with Crippen molar-refractivity contribution in [2.75, 3.05) is 0 Å². The van der Waals surface area contributed by atoms with Gasteiger partial charge in [0.25, 0.3) is 10.1 Å². The van der Waals surface area contributed by atoms with Gasteiger partial charge in [0.1, 0.15) is 11.4 Å². The molecular weight excluding hydrogens is 568 g/mol. The second-order valence-corrected chi connectivity index (χ2v) is 8.62. The van der Waals surface area contributed by atoms with Crippen molar-refractivity contribution in [1.82, 2.24) is 0 Å². The van der Waals surface area contributed by atoms with Crippen LogP contribution in [0.1, 0.15) is 15.9 Å². The number of aromatic hydroxyl groups is 1. The zero-order chi connectivity index (χ0) is 25.4. The third kappa shape index (κ3) is 7.84. The van der Waals surface area contributed by atoms with E-state index in [9.17, 15) is 28.0 Å². The van der Waals surface area contributed by atoms with Crippen LogP contribution in [-0.4, -0.2) is 40.2 Å². The molecule has 0 bridgehead atoms. The van der Waals surface area contributed by atoms with Gasteiger partial charge >= 0.3 is 23.0 Å². The Balaban J connectivity index is 0.00000456. The number of phenols is 1. The Morgan fingerprint density at radius 1 is 1.03 bits per heavy atom. The van der Waals surface area contributed by atoms with E-state index < -0.39 is 26.7 Å². The first-order chi connectivity index (χ1) is 16.7. The summed E-state index contributed by atoms with van der Waals surface area (Å²) >= 11 is 0.585. The van der Waals surface area contributed by atoms with Crippen molar-refractivity contribution < 1.29 is 59.7 Å². The molecule has 36 heavy (non-hydrogen) atoms. The molecule has 0 aliphatic carbocycles. The Bertz CT molecular complexity index is 1390. The summed E-state index contributed by atoms with van der Waals surface area (Å²) in [5.74, 6) is -1.83. The van der Waals surface area contributed by atoms with E-state index in [-0.39, 0.29) is 39.8 Å². The van der Waals surface area contributed by atoms with E-state index in [1.165, 1.54) is 18.2 Å². The minimum Gasteiger partial charge on any atom is -0.571 e. The molecule has 0 saturated carbocycles. The number of amidine groups is 1. The summed E-state index contributed by atoms with van der Waals surface area (Å²) in [4.78, 5) is 11.4. The molecule has 0 aliphatic heterocycles. The van der Waals surface area contributed by atoms with E-state index >= 15 is 0 Å². The van der Waals surface area contributed by atoms with E-state index in [2.05, 4.69) is 30.1 Å². The SMILES string of the molecule is O=C(O)c1ccc(SOOO)cc1N=N/C(=N\[N-]c1cc(S(=O)(=O)O)ccc1O)c1ccccc1.[Cu+]. The van der Waals surface area contributed by atoms with Crippen LogP contribution in [0.15, 0.2) is 91.9 Å². The average molecular weight is 583 g/mol. The quantitative estimate of drug-likeness (QED) is 0.0392. The van der Waals surface area contributed by atoms with Crippen LogP contribution < -0.4 is 0 Å². The van der Waals surface area contributed by atoms with Gasteiger partial charge in [0.2, 0.25) is 0 Å². The van der Waals surface area contributed by atoms with Crippen LogP contribution in [0, 0.1) is 0 Å². The van der Waals surface area contributed by atoms with Crippen LogP contribution in [0.5, 0.6) is 5.75 Å². The molecule has 0 amide bonds. The van der Waals surface area contributed by atoms with Crippen LogP contribution in [0.4, 0.5) is 11.4 Å². The van der Waals surface area contributed by atoms with Crippen molar-refractivity contribution in [3.63, 3.8) is 0 Å². The molecule has 0 fully saturated rings. The number of carbonyl (C=O) groups is 1. The molecule has 3 rings (SSSR count).